The monoisotopic (exact) mass is 386 g/mol. The fourth-order valence-electron chi connectivity index (χ4n) is 3.06. The highest BCUT2D eigenvalue weighted by atomic mass is 32.2. The molecule has 0 radical (unpaired) electrons. The largest absolute Gasteiger partial charge is 0.454 e. The van der Waals surface area contributed by atoms with Crippen LogP contribution in [0.5, 0.6) is 0 Å². The Labute approximate surface area is 164 Å². The van der Waals surface area contributed by atoms with Crippen LogP contribution in [0.25, 0.3) is 34.2 Å². The first-order valence-electron chi connectivity index (χ1n) is 8.59. The van der Waals surface area contributed by atoms with Gasteiger partial charge in [-0.1, -0.05) is 36.4 Å². The zero-order valence-electron chi connectivity index (χ0n) is 14.6. The lowest BCUT2D eigenvalue weighted by molar-refractivity contribution is -0.113. The number of benzene rings is 2. The zero-order valence-corrected chi connectivity index (χ0v) is 15.4. The molecule has 7 heteroatoms. The molecule has 1 amide bonds. The van der Waals surface area contributed by atoms with Crippen molar-refractivity contribution in [1.29, 1.82) is 0 Å². The summed E-state index contributed by atoms with van der Waals surface area (Å²) in [6.45, 7) is 0. The normalized spacial score (nSPS) is 15.5. The van der Waals surface area contributed by atoms with Crippen molar-refractivity contribution in [3.05, 3.63) is 77.3 Å². The van der Waals surface area contributed by atoms with E-state index in [2.05, 4.69) is 4.99 Å². The van der Waals surface area contributed by atoms with Crippen molar-refractivity contribution in [1.82, 2.24) is 9.78 Å². The number of hydrogen-bond acceptors (Lipinski definition) is 5. The lowest BCUT2D eigenvalue weighted by Gasteiger charge is -1.98. The molecule has 0 fully saturated rings. The third-order valence-electron chi connectivity index (χ3n) is 4.35. The van der Waals surface area contributed by atoms with E-state index >= 15 is 0 Å². The van der Waals surface area contributed by atoms with Crippen molar-refractivity contribution in [2.45, 2.75) is 0 Å². The van der Waals surface area contributed by atoms with E-state index in [4.69, 9.17) is 15.2 Å². The first kappa shape index (κ1) is 16.6. The zero-order chi connectivity index (χ0) is 19.1. The van der Waals surface area contributed by atoms with Crippen LogP contribution in [0.1, 0.15) is 5.56 Å². The average molecular weight is 386 g/mol. The Morgan fingerprint density at radius 3 is 2.61 bits per heavy atom. The van der Waals surface area contributed by atoms with Crippen LogP contribution in [0.15, 0.2) is 81.2 Å². The first-order chi connectivity index (χ1) is 13.7. The second-order valence-corrected chi connectivity index (χ2v) is 7.29. The molecule has 3 heterocycles. The quantitative estimate of drug-likeness (QED) is 0.533. The predicted octanol–water partition coefficient (Wildman–Crippen LogP) is 4.21. The molecule has 2 N–H and O–H groups in total. The van der Waals surface area contributed by atoms with E-state index in [-0.39, 0.29) is 11.1 Å². The van der Waals surface area contributed by atoms with Gasteiger partial charge >= 0.3 is 0 Å². The fourth-order valence-corrected chi connectivity index (χ4v) is 3.74. The molecule has 0 saturated heterocycles. The average Bonchev–Trinajstić information content (AvgIpc) is 3.39. The lowest BCUT2D eigenvalue weighted by atomic mass is 10.2. The van der Waals surface area contributed by atoms with Crippen LogP contribution in [0.2, 0.25) is 0 Å². The van der Waals surface area contributed by atoms with E-state index in [1.807, 2.05) is 66.9 Å². The highest BCUT2D eigenvalue weighted by Gasteiger charge is 2.22. The number of carbonyl (C=O) groups excluding carboxylic acids is 1. The van der Waals surface area contributed by atoms with Gasteiger partial charge in [-0.25, -0.2) is 4.68 Å². The number of nitrogens with two attached hydrogens (primary N) is 1. The Hall–Kier alpha value is -3.58. The Morgan fingerprint density at radius 1 is 1.07 bits per heavy atom. The number of nitrogens with zero attached hydrogens (tertiary/aromatic N) is 3. The minimum Gasteiger partial charge on any atom is -0.454 e. The molecule has 136 valence electrons. The summed E-state index contributed by atoms with van der Waals surface area (Å²) >= 11 is 1.15. The second-order valence-electron chi connectivity index (χ2n) is 6.23. The summed E-state index contributed by atoms with van der Waals surface area (Å²) in [5.74, 6) is 0.289. The smallest absolute Gasteiger partial charge is 0.286 e. The summed E-state index contributed by atoms with van der Waals surface area (Å²) in [5, 5.41) is 5.96. The van der Waals surface area contributed by atoms with Crippen LogP contribution in [-0.2, 0) is 4.79 Å². The van der Waals surface area contributed by atoms with Gasteiger partial charge in [0.05, 0.1) is 10.6 Å². The number of carbonyl (C=O) groups is 1. The molecule has 5 rings (SSSR count). The molecule has 0 spiro atoms. The molecule has 0 atom stereocenters. The SMILES string of the molecule is NC1=NC(=O)C(=Cc2cn(-c3ccccc3)nc2-c2cc3ccccc3o2)S1. The van der Waals surface area contributed by atoms with Gasteiger partial charge in [0.15, 0.2) is 10.9 Å². The van der Waals surface area contributed by atoms with Crippen LogP contribution >= 0.6 is 11.8 Å². The van der Waals surface area contributed by atoms with Gasteiger partial charge in [0.1, 0.15) is 11.3 Å². The van der Waals surface area contributed by atoms with Crippen LogP contribution in [0.4, 0.5) is 0 Å². The number of para-hydroxylation sites is 2. The predicted molar refractivity (Wildman–Crippen MR) is 111 cm³/mol. The van der Waals surface area contributed by atoms with Gasteiger partial charge in [-0.05, 0) is 42.1 Å². The number of thioether (sulfide) groups is 1. The van der Waals surface area contributed by atoms with Gasteiger partial charge < -0.3 is 10.2 Å². The van der Waals surface area contributed by atoms with E-state index in [0.717, 1.165) is 34.0 Å². The molecular formula is C21H14N4O2S. The molecule has 0 unspecified atom stereocenters. The van der Waals surface area contributed by atoms with Crippen LogP contribution in [-0.4, -0.2) is 20.9 Å². The van der Waals surface area contributed by atoms with E-state index in [1.165, 1.54) is 0 Å². The molecule has 28 heavy (non-hydrogen) atoms. The Bertz CT molecular complexity index is 1240. The number of amidine groups is 1. The van der Waals surface area contributed by atoms with Crippen LogP contribution < -0.4 is 5.73 Å². The number of hydrogen-bond donors (Lipinski definition) is 1. The molecule has 0 saturated carbocycles. The minimum absolute atomic E-state index is 0.247. The molecule has 6 nitrogen and oxygen atoms in total. The minimum atomic E-state index is -0.342. The number of rotatable bonds is 3. The number of aliphatic imine (C=N–C) groups is 1. The van der Waals surface area contributed by atoms with Gasteiger partial charge in [0.25, 0.3) is 5.91 Å². The highest BCUT2D eigenvalue weighted by Crippen LogP contribution is 2.33. The summed E-state index contributed by atoms with van der Waals surface area (Å²) in [5.41, 5.74) is 8.77. The maximum atomic E-state index is 12.0. The van der Waals surface area contributed by atoms with Crippen LogP contribution in [0.3, 0.4) is 0 Å². The highest BCUT2D eigenvalue weighted by molar-refractivity contribution is 8.18. The topological polar surface area (TPSA) is 86.4 Å². The van der Waals surface area contributed by atoms with E-state index < -0.39 is 0 Å². The van der Waals surface area contributed by atoms with E-state index in [1.54, 1.807) is 10.8 Å². The maximum Gasteiger partial charge on any atom is 0.286 e. The number of aromatic nitrogens is 2. The van der Waals surface area contributed by atoms with Crippen molar-refractivity contribution < 1.29 is 9.21 Å². The van der Waals surface area contributed by atoms with Crippen LogP contribution in [0, 0.1) is 0 Å². The molecule has 2 aromatic carbocycles. The van der Waals surface area contributed by atoms with Crippen molar-refractivity contribution in [3.63, 3.8) is 0 Å². The van der Waals surface area contributed by atoms with Gasteiger partial charge in [0, 0.05) is 17.1 Å². The Kier molecular flexibility index (Phi) is 3.87. The lowest BCUT2D eigenvalue weighted by Crippen LogP contribution is -2.01. The molecular weight excluding hydrogens is 372 g/mol. The molecule has 4 aromatic rings. The number of amides is 1. The summed E-state index contributed by atoms with van der Waals surface area (Å²) in [7, 11) is 0. The summed E-state index contributed by atoms with van der Waals surface area (Å²) in [4.78, 5) is 16.3. The van der Waals surface area contributed by atoms with Gasteiger partial charge in [-0.3, -0.25) is 4.79 Å². The molecule has 0 aliphatic carbocycles. The van der Waals surface area contributed by atoms with Crippen molar-refractivity contribution in [2.75, 3.05) is 0 Å². The summed E-state index contributed by atoms with van der Waals surface area (Å²) in [6, 6.07) is 19.5. The molecule has 2 aromatic heterocycles. The van der Waals surface area contributed by atoms with Gasteiger partial charge in [-0.2, -0.15) is 10.1 Å². The third kappa shape index (κ3) is 2.91. The maximum absolute atomic E-state index is 12.0. The summed E-state index contributed by atoms with van der Waals surface area (Å²) in [6.07, 6.45) is 3.62. The second kappa shape index (κ2) is 6.54. The van der Waals surface area contributed by atoms with E-state index in [9.17, 15) is 4.79 Å². The molecule has 1 aliphatic heterocycles. The van der Waals surface area contributed by atoms with Gasteiger partial charge in [0.2, 0.25) is 0 Å². The molecule has 0 bridgehead atoms. The van der Waals surface area contributed by atoms with Crippen molar-refractivity contribution in [2.24, 2.45) is 10.7 Å². The fraction of sp³-hybridized carbons (Fsp3) is 0. The van der Waals surface area contributed by atoms with Crippen molar-refractivity contribution >= 4 is 39.9 Å². The number of furan rings is 1. The standard InChI is InChI=1S/C21H14N4O2S/c22-21-23-20(26)18(28-21)11-14-12-25(15-7-2-1-3-8-15)24-19(14)17-10-13-6-4-5-9-16(13)27-17/h1-12H,(H2,22,23,26). The van der Waals surface area contributed by atoms with Crippen molar-refractivity contribution in [3.8, 4) is 17.1 Å². The Morgan fingerprint density at radius 2 is 1.86 bits per heavy atom. The first-order valence-corrected chi connectivity index (χ1v) is 9.41. The van der Waals surface area contributed by atoms with E-state index in [0.29, 0.717) is 16.4 Å². The summed E-state index contributed by atoms with van der Waals surface area (Å²) < 4.78 is 7.77. The molecule has 1 aliphatic rings. The number of fused-ring (bicyclic) bond motifs is 1. The Balaban J connectivity index is 1.67. The third-order valence-corrected chi connectivity index (χ3v) is 5.16. The van der Waals surface area contributed by atoms with Gasteiger partial charge in [-0.15, -0.1) is 0 Å².